The number of β-lactam (4-membered cyclic amide) rings is 1. The first-order valence-electron chi connectivity index (χ1n) is 5.51. The van der Waals surface area contributed by atoms with E-state index in [1.165, 1.54) is 29.0 Å². The first-order chi connectivity index (χ1) is 8.41. The van der Waals surface area contributed by atoms with Gasteiger partial charge < -0.3 is 9.84 Å². The summed E-state index contributed by atoms with van der Waals surface area (Å²) >= 11 is 1.32. The summed E-state index contributed by atoms with van der Waals surface area (Å²) in [5, 5.41) is 10.2. The number of rotatable bonds is 4. The van der Waals surface area contributed by atoms with Gasteiger partial charge in [0.05, 0.1) is 17.4 Å². The summed E-state index contributed by atoms with van der Waals surface area (Å²) in [6, 6.07) is 0. The Hall–Kier alpha value is -1.50. The van der Waals surface area contributed by atoms with Crippen LogP contribution in [-0.2, 0) is 19.1 Å². The number of amides is 1. The van der Waals surface area contributed by atoms with Crippen molar-refractivity contribution in [1.82, 2.24) is 4.90 Å². The molecule has 7 heteroatoms. The molecule has 2 aliphatic heterocycles. The summed E-state index contributed by atoms with van der Waals surface area (Å²) < 4.78 is 4.98. The van der Waals surface area contributed by atoms with Crippen LogP contribution in [-0.4, -0.2) is 39.3 Å². The van der Waals surface area contributed by atoms with E-state index in [1.54, 1.807) is 6.92 Å². The number of hydrogen-bond acceptors (Lipinski definition) is 5. The Balaban J connectivity index is 1.95. The molecule has 98 valence electrons. The van der Waals surface area contributed by atoms with Crippen molar-refractivity contribution in [2.24, 2.45) is 5.92 Å². The number of ether oxygens (including phenoxy) is 1. The van der Waals surface area contributed by atoms with Crippen LogP contribution in [0.15, 0.2) is 11.1 Å². The summed E-state index contributed by atoms with van der Waals surface area (Å²) in [5.41, 5.74) is 0.0337. The molecular formula is C11H13NO5S. The van der Waals surface area contributed by atoms with Crippen LogP contribution in [0.3, 0.4) is 0 Å². The van der Waals surface area contributed by atoms with Crippen LogP contribution in [0.25, 0.3) is 0 Å². The number of thioether (sulfide) groups is 1. The average Bonchev–Trinajstić information content (AvgIpc) is 2.65. The molecule has 1 saturated heterocycles. The molecule has 6 nitrogen and oxygen atoms in total. The fourth-order valence-corrected chi connectivity index (χ4v) is 3.43. The van der Waals surface area contributed by atoms with Gasteiger partial charge in [-0.05, 0) is 13.3 Å². The molecule has 0 spiro atoms. The van der Waals surface area contributed by atoms with Gasteiger partial charge in [0.1, 0.15) is 5.70 Å². The highest BCUT2D eigenvalue weighted by Crippen LogP contribution is 2.46. The van der Waals surface area contributed by atoms with Crippen molar-refractivity contribution in [3.05, 3.63) is 11.1 Å². The lowest BCUT2D eigenvalue weighted by molar-refractivity contribution is -0.156. The minimum atomic E-state index is -1.09. The van der Waals surface area contributed by atoms with E-state index >= 15 is 0 Å². The SMILES string of the molecule is CC(=O)OC(C)CC1C(=O)N2C(C(=O)O)=CS[C@@H]12. The second-order valence-electron chi connectivity index (χ2n) is 4.31. The number of carboxylic acid groups (broad SMARTS) is 1. The lowest BCUT2D eigenvalue weighted by Crippen LogP contribution is -2.58. The summed E-state index contributed by atoms with van der Waals surface area (Å²) in [6.45, 7) is 3.04. The van der Waals surface area contributed by atoms with Crippen LogP contribution in [0.1, 0.15) is 20.3 Å². The van der Waals surface area contributed by atoms with Crippen molar-refractivity contribution in [2.45, 2.75) is 31.7 Å². The normalized spacial score (nSPS) is 27.1. The van der Waals surface area contributed by atoms with Crippen LogP contribution in [0.2, 0.25) is 0 Å². The zero-order chi connectivity index (χ0) is 13.4. The van der Waals surface area contributed by atoms with Gasteiger partial charge in [0.2, 0.25) is 5.91 Å². The van der Waals surface area contributed by atoms with E-state index in [1.807, 2.05) is 0 Å². The van der Waals surface area contributed by atoms with Crippen molar-refractivity contribution in [2.75, 3.05) is 0 Å². The van der Waals surface area contributed by atoms with Gasteiger partial charge in [0.25, 0.3) is 0 Å². The fraction of sp³-hybridized carbons (Fsp3) is 0.545. The first-order valence-corrected chi connectivity index (χ1v) is 6.45. The molecule has 2 aliphatic rings. The van der Waals surface area contributed by atoms with Crippen LogP contribution in [0.4, 0.5) is 0 Å². The molecule has 0 aromatic heterocycles. The van der Waals surface area contributed by atoms with E-state index < -0.39 is 5.97 Å². The molecule has 2 rings (SSSR count). The van der Waals surface area contributed by atoms with Gasteiger partial charge in [0.15, 0.2) is 0 Å². The molecule has 1 fully saturated rings. The fourth-order valence-electron chi connectivity index (χ4n) is 2.19. The van der Waals surface area contributed by atoms with E-state index in [9.17, 15) is 14.4 Å². The van der Waals surface area contributed by atoms with Crippen molar-refractivity contribution in [3.63, 3.8) is 0 Å². The zero-order valence-electron chi connectivity index (χ0n) is 9.95. The number of nitrogens with zero attached hydrogens (tertiary/aromatic N) is 1. The minimum Gasteiger partial charge on any atom is -0.477 e. The number of carbonyl (C=O) groups is 3. The summed E-state index contributed by atoms with van der Waals surface area (Å²) in [5.74, 6) is -1.96. The standard InChI is InChI=1S/C11H13NO5S/c1-5(17-6(2)13)3-7-9(14)12-8(11(15)16)4-18-10(7)12/h4-5,7,10H,3H2,1-2H3,(H,15,16)/t5?,7?,10-/m0/s1. The topological polar surface area (TPSA) is 83.9 Å². The second kappa shape index (κ2) is 4.64. The van der Waals surface area contributed by atoms with Crippen molar-refractivity contribution in [3.8, 4) is 0 Å². The number of hydrogen-bond donors (Lipinski definition) is 1. The van der Waals surface area contributed by atoms with Gasteiger partial charge in [0, 0.05) is 12.3 Å². The second-order valence-corrected chi connectivity index (χ2v) is 5.30. The Kier molecular flexibility index (Phi) is 3.34. The van der Waals surface area contributed by atoms with Crippen molar-refractivity contribution in [1.29, 1.82) is 0 Å². The Morgan fingerprint density at radius 2 is 2.28 bits per heavy atom. The summed E-state index contributed by atoms with van der Waals surface area (Å²) in [4.78, 5) is 34.8. The van der Waals surface area contributed by atoms with Crippen LogP contribution < -0.4 is 0 Å². The molecule has 0 aromatic carbocycles. The van der Waals surface area contributed by atoms with E-state index in [4.69, 9.17) is 9.84 Å². The highest BCUT2D eigenvalue weighted by molar-refractivity contribution is 8.03. The number of carbonyl (C=O) groups excluding carboxylic acids is 2. The smallest absolute Gasteiger partial charge is 0.353 e. The van der Waals surface area contributed by atoms with E-state index in [2.05, 4.69) is 0 Å². The van der Waals surface area contributed by atoms with Crippen LogP contribution >= 0.6 is 11.8 Å². The van der Waals surface area contributed by atoms with Gasteiger partial charge in [-0.2, -0.15) is 0 Å². The lowest BCUT2D eigenvalue weighted by Gasteiger charge is -2.43. The first kappa shape index (κ1) is 12.9. The molecular weight excluding hydrogens is 258 g/mol. The van der Waals surface area contributed by atoms with Crippen molar-refractivity contribution < 1.29 is 24.2 Å². The quantitative estimate of drug-likeness (QED) is 0.601. The molecule has 1 N–H and O–H groups in total. The van der Waals surface area contributed by atoms with Gasteiger partial charge in [-0.15, -0.1) is 11.8 Å². The van der Waals surface area contributed by atoms with Crippen LogP contribution in [0.5, 0.6) is 0 Å². The molecule has 18 heavy (non-hydrogen) atoms. The van der Waals surface area contributed by atoms with Gasteiger partial charge >= 0.3 is 11.9 Å². The number of carboxylic acids is 1. The van der Waals surface area contributed by atoms with E-state index in [0.29, 0.717) is 6.42 Å². The number of esters is 1. The Labute approximate surface area is 108 Å². The highest BCUT2D eigenvalue weighted by atomic mass is 32.2. The zero-order valence-corrected chi connectivity index (χ0v) is 10.8. The predicted molar refractivity (Wildman–Crippen MR) is 63.3 cm³/mol. The molecule has 2 heterocycles. The molecule has 0 radical (unpaired) electrons. The maximum Gasteiger partial charge on any atom is 0.353 e. The largest absolute Gasteiger partial charge is 0.477 e. The summed E-state index contributed by atoms with van der Waals surface area (Å²) in [6.07, 6.45) is 0.0842. The predicted octanol–water partition coefficient (Wildman–Crippen LogP) is 0.785. The Morgan fingerprint density at radius 3 is 2.83 bits per heavy atom. The molecule has 0 aliphatic carbocycles. The van der Waals surface area contributed by atoms with Gasteiger partial charge in [-0.3, -0.25) is 14.5 Å². The molecule has 1 amide bonds. The monoisotopic (exact) mass is 271 g/mol. The average molecular weight is 271 g/mol. The highest BCUT2D eigenvalue weighted by Gasteiger charge is 2.53. The van der Waals surface area contributed by atoms with E-state index in [-0.39, 0.29) is 35.0 Å². The van der Waals surface area contributed by atoms with Crippen LogP contribution in [0, 0.1) is 5.92 Å². The molecule has 3 atom stereocenters. The maximum absolute atomic E-state index is 11.8. The van der Waals surface area contributed by atoms with Gasteiger partial charge in [-0.1, -0.05) is 0 Å². The molecule has 2 unspecified atom stereocenters. The third-order valence-electron chi connectivity index (χ3n) is 2.90. The Bertz CT molecular complexity index is 447. The third kappa shape index (κ3) is 2.10. The van der Waals surface area contributed by atoms with E-state index in [0.717, 1.165) is 0 Å². The third-order valence-corrected chi connectivity index (χ3v) is 4.08. The molecule has 0 bridgehead atoms. The molecule has 0 aromatic rings. The number of aliphatic carboxylic acids is 1. The van der Waals surface area contributed by atoms with Crippen molar-refractivity contribution >= 4 is 29.6 Å². The minimum absolute atomic E-state index is 0.0337. The lowest BCUT2D eigenvalue weighted by atomic mass is 9.91. The maximum atomic E-state index is 11.8. The number of fused-ring (bicyclic) bond motifs is 1. The summed E-state index contributed by atoms with van der Waals surface area (Å²) in [7, 11) is 0. The Morgan fingerprint density at radius 1 is 1.61 bits per heavy atom. The molecule has 0 saturated carbocycles. The van der Waals surface area contributed by atoms with Gasteiger partial charge in [-0.25, -0.2) is 4.79 Å².